The van der Waals surface area contributed by atoms with E-state index in [0.717, 1.165) is 6.92 Å². The Hall–Kier alpha value is -3.22. The molecule has 7 N–H and O–H groups in total. The van der Waals surface area contributed by atoms with Crippen molar-refractivity contribution in [2.75, 3.05) is 6.54 Å². The maximum absolute atomic E-state index is 11.9. The van der Waals surface area contributed by atoms with Crippen LogP contribution in [0.2, 0.25) is 0 Å². The number of aliphatic carboxylic acids is 2. The Bertz CT molecular complexity index is 669. The number of primary amides is 1. The standard InChI is InChI=1S/C18H31N5O8/c1-10(24)22-12(17(28)29)6-8-15(26)23-13(18(30)31)5-7-14(25)21-9-3-2-4-11(19)16(20)27/h11-13H,2-9,19H2,1H3,(H2,20,27)(H,21,25)(H,22,24)(H,23,26)(H,28,29)(H,30,31)/p-2. The van der Waals surface area contributed by atoms with E-state index in [9.17, 15) is 39.0 Å². The first-order valence-corrected chi connectivity index (χ1v) is 9.73. The zero-order valence-corrected chi connectivity index (χ0v) is 17.3. The first kappa shape index (κ1) is 27.8. The summed E-state index contributed by atoms with van der Waals surface area (Å²) >= 11 is 0. The molecule has 0 aliphatic rings. The molecule has 3 atom stereocenters. The van der Waals surface area contributed by atoms with Crippen molar-refractivity contribution in [2.45, 2.75) is 70.0 Å². The molecule has 0 aliphatic heterocycles. The third-order valence-electron chi connectivity index (χ3n) is 4.23. The maximum Gasteiger partial charge on any atom is 0.234 e. The predicted octanol–water partition coefficient (Wildman–Crippen LogP) is -4.86. The van der Waals surface area contributed by atoms with Crippen LogP contribution in [0.25, 0.3) is 0 Å². The van der Waals surface area contributed by atoms with Crippen LogP contribution >= 0.6 is 0 Å². The van der Waals surface area contributed by atoms with Gasteiger partial charge < -0.3 is 47.2 Å². The lowest BCUT2D eigenvalue weighted by Gasteiger charge is -2.21. The van der Waals surface area contributed by atoms with Crippen LogP contribution in [0.4, 0.5) is 0 Å². The maximum atomic E-state index is 11.9. The van der Waals surface area contributed by atoms with Crippen LogP contribution in [0.1, 0.15) is 51.9 Å². The summed E-state index contributed by atoms with van der Waals surface area (Å²) in [6.45, 7) is 1.39. The van der Waals surface area contributed by atoms with Gasteiger partial charge in [0.25, 0.3) is 0 Å². The Morgan fingerprint density at radius 3 is 1.81 bits per heavy atom. The van der Waals surface area contributed by atoms with Crippen molar-refractivity contribution < 1.29 is 39.0 Å². The van der Waals surface area contributed by atoms with Crippen molar-refractivity contribution in [1.29, 1.82) is 0 Å². The molecule has 0 aromatic heterocycles. The number of amides is 4. The number of carbonyl (C=O) groups is 6. The fourth-order valence-electron chi connectivity index (χ4n) is 2.51. The quantitative estimate of drug-likeness (QED) is 0.143. The van der Waals surface area contributed by atoms with Crippen LogP contribution in [0.5, 0.6) is 0 Å². The van der Waals surface area contributed by atoms with E-state index in [4.69, 9.17) is 11.5 Å². The van der Waals surface area contributed by atoms with Gasteiger partial charge in [-0.25, -0.2) is 0 Å². The SMILES string of the molecule is CC(=O)NC(CCC(=O)NC(CCC(=O)NCCCCC(N)C(N)=O)C(=O)[O-])C(=O)[O-]. The average Bonchev–Trinajstić information content (AvgIpc) is 2.66. The second kappa shape index (κ2) is 14.7. The molecule has 0 aromatic carbocycles. The molecule has 4 amide bonds. The number of carboxylic acids is 2. The van der Waals surface area contributed by atoms with E-state index in [1.54, 1.807) is 0 Å². The summed E-state index contributed by atoms with van der Waals surface area (Å²) in [5, 5.41) is 28.9. The summed E-state index contributed by atoms with van der Waals surface area (Å²) < 4.78 is 0. The lowest BCUT2D eigenvalue weighted by molar-refractivity contribution is -0.310. The van der Waals surface area contributed by atoms with Crippen molar-refractivity contribution in [3.05, 3.63) is 0 Å². The fraction of sp³-hybridized carbons (Fsp3) is 0.667. The van der Waals surface area contributed by atoms with Gasteiger partial charge in [0.05, 0.1) is 30.1 Å². The Kier molecular flexibility index (Phi) is 13.2. The summed E-state index contributed by atoms with van der Waals surface area (Å²) in [5.74, 6) is -5.62. The van der Waals surface area contributed by atoms with Gasteiger partial charge in [-0.2, -0.15) is 0 Å². The Morgan fingerprint density at radius 1 is 0.806 bits per heavy atom. The highest BCUT2D eigenvalue weighted by Crippen LogP contribution is 2.02. The fourth-order valence-corrected chi connectivity index (χ4v) is 2.51. The van der Waals surface area contributed by atoms with E-state index >= 15 is 0 Å². The van der Waals surface area contributed by atoms with Crippen LogP contribution in [-0.4, -0.2) is 60.2 Å². The Balaban J connectivity index is 4.30. The smallest absolute Gasteiger partial charge is 0.234 e. The molecule has 0 aliphatic carbocycles. The molecule has 0 radical (unpaired) electrons. The number of hydrogen-bond acceptors (Lipinski definition) is 9. The number of hydrogen-bond donors (Lipinski definition) is 5. The molecule has 31 heavy (non-hydrogen) atoms. The van der Waals surface area contributed by atoms with E-state index in [0.29, 0.717) is 25.8 Å². The average molecular weight is 443 g/mol. The number of nitrogens with two attached hydrogens (primary N) is 2. The molecular formula is C18H29N5O8-2. The zero-order chi connectivity index (χ0) is 24.0. The first-order chi connectivity index (χ1) is 14.4. The molecular weight excluding hydrogens is 414 g/mol. The number of rotatable bonds is 16. The van der Waals surface area contributed by atoms with Gasteiger partial charge in [-0.3, -0.25) is 19.2 Å². The largest absolute Gasteiger partial charge is 0.548 e. The second-order valence-electron chi connectivity index (χ2n) is 6.94. The van der Waals surface area contributed by atoms with E-state index in [2.05, 4.69) is 16.0 Å². The first-order valence-electron chi connectivity index (χ1n) is 9.73. The minimum absolute atomic E-state index is 0.201. The third kappa shape index (κ3) is 13.6. The summed E-state index contributed by atoms with van der Waals surface area (Å²) in [7, 11) is 0. The van der Waals surface area contributed by atoms with Gasteiger partial charge in [-0.1, -0.05) is 0 Å². The molecule has 0 rings (SSSR count). The predicted molar refractivity (Wildman–Crippen MR) is 102 cm³/mol. The van der Waals surface area contributed by atoms with E-state index in [-0.39, 0.29) is 25.7 Å². The van der Waals surface area contributed by atoms with Crippen molar-refractivity contribution in [3.63, 3.8) is 0 Å². The van der Waals surface area contributed by atoms with E-state index in [1.807, 2.05) is 0 Å². The number of nitrogens with one attached hydrogen (secondary N) is 3. The minimum Gasteiger partial charge on any atom is -0.548 e. The van der Waals surface area contributed by atoms with Gasteiger partial charge in [0.1, 0.15) is 0 Å². The van der Waals surface area contributed by atoms with Crippen molar-refractivity contribution >= 4 is 35.6 Å². The van der Waals surface area contributed by atoms with Gasteiger partial charge >= 0.3 is 0 Å². The Labute approximate surface area is 179 Å². The van der Waals surface area contributed by atoms with Crippen LogP contribution in [-0.2, 0) is 28.8 Å². The van der Waals surface area contributed by atoms with Crippen LogP contribution < -0.4 is 37.6 Å². The molecule has 0 spiro atoms. The van der Waals surface area contributed by atoms with Crippen molar-refractivity contribution in [1.82, 2.24) is 16.0 Å². The highest BCUT2D eigenvalue weighted by Gasteiger charge is 2.18. The van der Waals surface area contributed by atoms with E-state index in [1.165, 1.54) is 0 Å². The lowest BCUT2D eigenvalue weighted by atomic mass is 10.1. The molecule has 3 unspecified atom stereocenters. The third-order valence-corrected chi connectivity index (χ3v) is 4.23. The monoisotopic (exact) mass is 443 g/mol. The van der Waals surface area contributed by atoms with Crippen molar-refractivity contribution in [2.24, 2.45) is 11.5 Å². The Morgan fingerprint density at radius 2 is 1.32 bits per heavy atom. The molecule has 13 nitrogen and oxygen atoms in total. The molecule has 0 heterocycles. The minimum atomic E-state index is -1.60. The second-order valence-corrected chi connectivity index (χ2v) is 6.94. The number of unbranched alkanes of at least 4 members (excludes halogenated alkanes) is 1. The normalized spacial score (nSPS) is 13.4. The van der Waals surface area contributed by atoms with Gasteiger partial charge in [0, 0.05) is 26.3 Å². The lowest BCUT2D eigenvalue weighted by Crippen LogP contribution is -2.50. The summed E-state index contributed by atoms with van der Waals surface area (Å²) in [6, 6.07) is -3.59. The highest BCUT2D eigenvalue weighted by atomic mass is 16.4. The van der Waals surface area contributed by atoms with Gasteiger partial charge in [-0.05, 0) is 32.1 Å². The van der Waals surface area contributed by atoms with Crippen LogP contribution in [0, 0.1) is 0 Å². The highest BCUT2D eigenvalue weighted by molar-refractivity contribution is 5.85. The molecule has 176 valence electrons. The van der Waals surface area contributed by atoms with E-state index < -0.39 is 53.7 Å². The summed E-state index contributed by atoms with van der Waals surface area (Å²) in [4.78, 5) is 67.5. The van der Waals surface area contributed by atoms with Crippen LogP contribution in [0.15, 0.2) is 0 Å². The summed E-state index contributed by atoms with van der Waals surface area (Å²) in [5.41, 5.74) is 10.5. The van der Waals surface area contributed by atoms with Crippen LogP contribution in [0.3, 0.4) is 0 Å². The van der Waals surface area contributed by atoms with Gasteiger partial charge in [0.15, 0.2) is 0 Å². The molecule has 0 fully saturated rings. The number of carboxylic acid groups (broad SMARTS) is 2. The molecule has 13 heteroatoms. The molecule has 0 saturated carbocycles. The molecule has 0 aromatic rings. The summed E-state index contributed by atoms with van der Waals surface area (Å²) in [6.07, 6.45) is 0.366. The van der Waals surface area contributed by atoms with Crippen molar-refractivity contribution in [3.8, 4) is 0 Å². The molecule has 0 bridgehead atoms. The topological polar surface area (TPSA) is 237 Å². The van der Waals surface area contributed by atoms with Gasteiger partial charge in [-0.15, -0.1) is 0 Å². The number of carbonyl (C=O) groups excluding carboxylic acids is 6. The zero-order valence-electron chi connectivity index (χ0n) is 17.3. The molecule has 0 saturated heterocycles. The van der Waals surface area contributed by atoms with Gasteiger partial charge in [0.2, 0.25) is 23.6 Å².